The first-order valence-corrected chi connectivity index (χ1v) is 6.87. The van der Waals surface area contributed by atoms with Gasteiger partial charge < -0.3 is 10.2 Å². The predicted octanol–water partition coefficient (Wildman–Crippen LogP) is 1.86. The van der Waals surface area contributed by atoms with E-state index in [4.69, 9.17) is 0 Å². The minimum absolute atomic E-state index is 0.881. The summed E-state index contributed by atoms with van der Waals surface area (Å²) in [5.41, 5.74) is 0. The zero-order valence-electron chi connectivity index (χ0n) is 9.75. The highest BCUT2D eigenvalue weighted by atomic mass is 15.2. The average Bonchev–Trinajstić information content (AvgIpc) is 2.93. The Balaban J connectivity index is 1.36. The Labute approximate surface area is 93.4 Å². The van der Waals surface area contributed by atoms with Crippen LogP contribution in [0, 0.1) is 11.8 Å². The Kier molecular flexibility index (Phi) is 2.98. The maximum Gasteiger partial charge on any atom is 0.0107 e. The fraction of sp³-hybridized carbons (Fsp3) is 1.00. The molecule has 2 bridgehead atoms. The zero-order chi connectivity index (χ0) is 10.1. The van der Waals surface area contributed by atoms with E-state index in [0.29, 0.717) is 0 Å². The van der Waals surface area contributed by atoms with Crippen molar-refractivity contribution in [1.29, 1.82) is 0 Å². The lowest BCUT2D eigenvalue weighted by Gasteiger charge is -2.24. The second kappa shape index (κ2) is 4.42. The van der Waals surface area contributed by atoms with Gasteiger partial charge in [-0.1, -0.05) is 6.42 Å². The molecule has 3 fully saturated rings. The van der Waals surface area contributed by atoms with E-state index in [1.807, 2.05) is 0 Å². The normalized spacial score (nSPS) is 40.4. The van der Waals surface area contributed by atoms with Gasteiger partial charge in [-0.3, -0.25) is 0 Å². The molecule has 3 rings (SSSR count). The summed E-state index contributed by atoms with van der Waals surface area (Å²) in [5, 5.41) is 3.80. The average molecular weight is 208 g/mol. The summed E-state index contributed by atoms with van der Waals surface area (Å²) < 4.78 is 0. The quantitative estimate of drug-likeness (QED) is 0.758. The summed E-state index contributed by atoms with van der Waals surface area (Å²) in [6, 6.07) is 0.881. The molecule has 2 nitrogen and oxygen atoms in total. The van der Waals surface area contributed by atoms with Gasteiger partial charge >= 0.3 is 0 Å². The molecule has 0 amide bonds. The van der Waals surface area contributed by atoms with Gasteiger partial charge in [-0.2, -0.15) is 0 Å². The van der Waals surface area contributed by atoms with Crippen LogP contribution in [0.1, 0.15) is 38.5 Å². The van der Waals surface area contributed by atoms with E-state index in [1.54, 1.807) is 0 Å². The third-order valence-corrected chi connectivity index (χ3v) is 4.77. The van der Waals surface area contributed by atoms with Crippen molar-refractivity contribution in [2.75, 3.05) is 26.2 Å². The lowest BCUT2D eigenvalue weighted by atomic mass is 9.95. The van der Waals surface area contributed by atoms with Crippen LogP contribution >= 0.6 is 0 Å². The van der Waals surface area contributed by atoms with Crippen LogP contribution in [-0.2, 0) is 0 Å². The predicted molar refractivity (Wildman–Crippen MR) is 62.9 cm³/mol. The highest BCUT2D eigenvalue weighted by Crippen LogP contribution is 2.44. The largest absolute Gasteiger partial charge is 0.312 e. The Morgan fingerprint density at radius 3 is 2.60 bits per heavy atom. The SMILES string of the molecule is C1CCN(CCNC2CC3CCC2C3)C1. The monoisotopic (exact) mass is 208 g/mol. The Hall–Kier alpha value is -0.0800. The third-order valence-electron chi connectivity index (χ3n) is 4.77. The van der Waals surface area contributed by atoms with Gasteiger partial charge in [0.05, 0.1) is 0 Å². The molecular weight excluding hydrogens is 184 g/mol. The molecule has 0 spiro atoms. The smallest absolute Gasteiger partial charge is 0.0107 e. The van der Waals surface area contributed by atoms with E-state index in [2.05, 4.69) is 10.2 Å². The first kappa shape index (κ1) is 10.1. The molecule has 0 aromatic rings. The van der Waals surface area contributed by atoms with Crippen molar-refractivity contribution < 1.29 is 0 Å². The standard InChI is InChI=1S/C13H24N2/c1-2-7-15(6-1)8-5-14-13-10-11-3-4-12(13)9-11/h11-14H,1-10H2. The van der Waals surface area contributed by atoms with Gasteiger partial charge in [0.25, 0.3) is 0 Å². The highest BCUT2D eigenvalue weighted by Gasteiger charge is 2.38. The van der Waals surface area contributed by atoms with E-state index in [9.17, 15) is 0 Å². The number of rotatable bonds is 4. The fourth-order valence-corrected chi connectivity index (χ4v) is 3.91. The number of nitrogens with zero attached hydrogens (tertiary/aromatic N) is 1. The van der Waals surface area contributed by atoms with Crippen LogP contribution < -0.4 is 5.32 Å². The summed E-state index contributed by atoms with van der Waals surface area (Å²) in [6.45, 7) is 5.21. The maximum absolute atomic E-state index is 3.80. The van der Waals surface area contributed by atoms with Gasteiger partial charge in [-0.15, -0.1) is 0 Å². The molecule has 1 saturated heterocycles. The van der Waals surface area contributed by atoms with E-state index in [0.717, 1.165) is 17.9 Å². The Morgan fingerprint density at radius 2 is 1.93 bits per heavy atom. The summed E-state index contributed by atoms with van der Waals surface area (Å²) in [5.74, 6) is 2.12. The van der Waals surface area contributed by atoms with E-state index in [-0.39, 0.29) is 0 Å². The van der Waals surface area contributed by atoms with Crippen LogP contribution in [0.3, 0.4) is 0 Å². The summed E-state index contributed by atoms with van der Waals surface area (Å²) in [6.07, 6.45) is 8.88. The van der Waals surface area contributed by atoms with Gasteiger partial charge in [-0.05, 0) is 57.0 Å². The van der Waals surface area contributed by atoms with Gasteiger partial charge in [0.1, 0.15) is 0 Å². The second-order valence-corrected chi connectivity index (χ2v) is 5.78. The van der Waals surface area contributed by atoms with Gasteiger partial charge in [0.15, 0.2) is 0 Å². The molecule has 3 atom stereocenters. The summed E-state index contributed by atoms with van der Waals surface area (Å²) in [7, 11) is 0. The van der Waals surface area contributed by atoms with Gasteiger partial charge in [-0.25, -0.2) is 0 Å². The number of fused-ring (bicyclic) bond motifs is 2. The summed E-state index contributed by atoms with van der Waals surface area (Å²) >= 11 is 0. The molecule has 3 aliphatic rings. The van der Waals surface area contributed by atoms with Crippen molar-refractivity contribution in [2.24, 2.45) is 11.8 Å². The highest BCUT2D eigenvalue weighted by molar-refractivity contribution is 4.94. The lowest BCUT2D eigenvalue weighted by molar-refractivity contribution is 0.300. The van der Waals surface area contributed by atoms with E-state index >= 15 is 0 Å². The van der Waals surface area contributed by atoms with E-state index in [1.165, 1.54) is 64.7 Å². The van der Waals surface area contributed by atoms with Gasteiger partial charge in [0, 0.05) is 19.1 Å². The zero-order valence-corrected chi connectivity index (χ0v) is 9.75. The summed E-state index contributed by atoms with van der Waals surface area (Å²) in [4.78, 5) is 2.61. The molecule has 2 saturated carbocycles. The molecule has 15 heavy (non-hydrogen) atoms. The first-order valence-electron chi connectivity index (χ1n) is 6.87. The van der Waals surface area contributed by atoms with Crippen LogP contribution in [0.15, 0.2) is 0 Å². The van der Waals surface area contributed by atoms with Crippen LogP contribution in [0.4, 0.5) is 0 Å². The van der Waals surface area contributed by atoms with Crippen molar-refractivity contribution in [3.63, 3.8) is 0 Å². The minimum Gasteiger partial charge on any atom is -0.312 e. The van der Waals surface area contributed by atoms with Crippen molar-refractivity contribution in [3.8, 4) is 0 Å². The minimum atomic E-state index is 0.881. The third kappa shape index (κ3) is 2.21. The van der Waals surface area contributed by atoms with Crippen LogP contribution in [-0.4, -0.2) is 37.1 Å². The number of hydrogen-bond acceptors (Lipinski definition) is 2. The number of hydrogen-bond donors (Lipinski definition) is 1. The van der Waals surface area contributed by atoms with Crippen LogP contribution in [0.25, 0.3) is 0 Å². The van der Waals surface area contributed by atoms with Crippen molar-refractivity contribution in [3.05, 3.63) is 0 Å². The van der Waals surface area contributed by atoms with E-state index < -0.39 is 0 Å². The van der Waals surface area contributed by atoms with Crippen LogP contribution in [0.2, 0.25) is 0 Å². The number of nitrogens with one attached hydrogen (secondary N) is 1. The van der Waals surface area contributed by atoms with Crippen LogP contribution in [0.5, 0.6) is 0 Å². The molecule has 0 aromatic heterocycles. The second-order valence-electron chi connectivity index (χ2n) is 5.78. The molecular formula is C13H24N2. The fourth-order valence-electron chi connectivity index (χ4n) is 3.91. The molecule has 1 heterocycles. The lowest BCUT2D eigenvalue weighted by Crippen LogP contribution is -2.39. The Morgan fingerprint density at radius 1 is 1.07 bits per heavy atom. The van der Waals surface area contributed by atoms with Crippen molar-refractivity contribution in [2.45, 2.75) is 44.6 Å². The molecule has 86 valence electrons. The molecule has 1 N–H and O–H groups in total. The number of likely N-dealkylation sites (tertiary alicyclic amines) is 1. The molecule has 2 aliphatic carbocycles. The molecule has 3 unspecified atom stereocenters. The molecule has 1 aliphatic heterocycles. The molecule has 2 heteroatoms. The topological polar surface area (TPSA) is 15.3 Å². The molecule has 0 radical (unpaired) electrons. The van der Waals surface area contributed by atoms with Crippen molar-refractivity contribution in [1.82, 2.24) is 10.2 Å². The van der Waals surface area contributed by atoms with Gasteiger partial charge in [0.2, 0.25) is 0 Å². The first-order chi connectivity index (χ1) is 7.42. The Bertz CT molecular complexity index is 211. The maximum atomic E-state index is 3.80. The van der Waals surface area contributed by atoms with Crippen molar-refractivity contribution >= 4 is 0 Å². The molecule has 0 aromatic carbocycles.